The Morgan fingerprint density at radius 2 is 1.80 bits per heavy atom. The third kappa shape index (κ3) is 4.88. The number of guanidine groups is 1. The Morgan fingerprint density at radius 3 is 2.50 bits per heavy atom. The molecule has 3 aliphatic rings. The number of benzene rings is 1. The maximum atomic E-state index is 13.2. The normalized spacial score (nSPS) is 30.5. The summed E-state index contributed by atoms with van der Waals surface area (Å²) >= 11 is 0. The molecule has 0 aromatic heterocycles. The summed E-state index contributed by atoms with van der Waals surface area (Å²) in [7, 11) is 1.73. The summed E-state index contributed by atoms with van der Waals surface area (Å²) in [6.07, 6.45) is 14.1. The van der Waals surface area contributed by atoms with Gasteiger partial charge in [0.2, 0.25) is 0 Å². The van der Waals surface area contributed by atoms with Crippen molar-refractivity contribution in [3.63, 3.8) is 0 Å². The van der Waals surface area contributed by atoms with Crippen molar-refractivity contribution in [2.45, 2.75) is 94.7 Å². The van der Waals surface area contributed by atoms with Crippen LogP contribution in [0.3, 0.4) is 0 Å². The Bertz CT molecular complexity index is 730. The zero-order valence-electron chi connectivity index (χ0n) is 18.5. The van der Waals surface area contributed by atoms with Gasteiger partial charge in [0.25, 0.3) is 5.91 Å². The monoisotopic (exact) mass is 410 g/mol. The van der Waals surface area contributed by atoms with Crippen molar-refractivity contribution in [3.8, 4) is 0 Å². The lowest BCUT2D eigenvalue weighted by Gasteiger charge is -2.38. The van der Waals surface area contributed by atoms with Crippen molar-refractivity contribution in [2.24, 2.45) is 5.92 Å². The Kier molecular flexibility index (Phi) is 6.77. The minimum atomic E-state index is -0.626. The first-order valence-electron chi connectivity index (χ1n) is 12.0. The number of nitrogens with zero attached hydrogens (tertiary/aromatic N) is 1. The molecule has 3 N–H and O–H groups in total. The molecule has 30 heavy (non-hydrogen) atoms. The van der Waals surface area contributed by atoms with E-state index in [1.807, 2.05) is 6.07 Å². The molecule has 3 fully saturated rings. The van der Waals surface area contributed by atoms with E-state index in [0.717, 1.165) is 25.7 Å². The molecule has 0 spiro atoms. The number of hydrogen-bond donors (Lipinski definition) is 3. The molecule has 5 nitrogen and oxygen atoms in total. The Hall–Kier alpha value is -1.88. The first-order chi connectivity index (χ1) is 14.6. The average molecular weight is 411 g/mol. The SMILES string of the molecule is CN1C(=N)N[C@](CCc2ccccc2)(C[C@H]2CCC[C@@H](NC3CCCCC3)C2)C1=O. The van der Waals surface area contributed by atoms with Gasteiger partial charge in [-0.15, -0.1) is 0 Å². The van der Waals surface area contributed by atoms with Crippen LogP contribution in [0.5, 0.6) is 0 Å². The second-order valence-electron chi connectivity index (χ2n) is 9.84. The summed E-state index contributed by atoms with van der Waals surface area (Å²) in [5.41, 5.74) is 0.632. The van der Waals surface area contributed by atoms with Crippen molar-refractivity contribution in [1.29, 1.82) is 5.41 Å². The standard InChI is InChI=1S/C25H38N4O/c1-29-23(30)25(28-24(29)26,16-15-19-9-4-2-5-10-19)18-20-11-8-14-22(17-20)27-21-12-6-3-7-13-21/h2,4-5,9-10,20-22,27H,3,6-8,11-18H2,1H3,(H2,26,28)/t20-,22+,25+/m0/s1. The summed E-state index contributed by atoms with van der Waals surface area (Å²) in [6, 6.07) is 11.7. The van der Waals surface area contributed by atoms with Crippen LogP contribution in [-0.2, 0) is 11.2 Å². The molecule has 2 saturated carbocycles. The molecule has 2 aliphatic carbocycles. The van der Waals surface area contributed by atoms with E-state index in [1.54, 1.807) is 7.05 Å². The summed E-state index contributed by atoms with van der Waals surface area (Å²) < 4.78 is 0. The molecule has 1 aromatic carbocycles. The van der Waals surface area contributed by atoms with E-state index in [-0.39, 0.29) is 11.9 Å². The highest BCUT2D eigenvalue weighted by molar-refractivity contribution is 6.07. The van der Waals surface area contributed by atoms with E-state index in [2.05, 4.69) is 34.9 Å². The molecule has 5 heteroatoms. The zero-order valence-corrected chi connectivity index (χ0v) is 18.5. The van der Waals surface area contributed by atoms with E-state index < -0.39 is 5.54 Å². The van der Waals surface area contributed by atoms with Crippen LogP contribution in [-0.4, -0.2) is 41.4 Å². The van der Waals surface area contributed by atoms with Gasteiger partial charge in [-0.3, -0.25) is 15.1 Å². The largest absolute Gasteiger partial charge is 0.342 e. The summed E-state index contributed by atoms with van der Waals surface area (Å²) in [6.45, 7) is 0. The van der Waals surface area contributed by atoms with Gasteiger partial charge >= 0.3 is 0 Å². The van der Waals surface area contributed by atoms with Gasteiger partial charge < -0.3 is 10.6 Å². The number of likely N-dealkylation sites (N-methyl/N-ethyl adjacent to an activating group) is 1. The number of carbonyl (C=O) groups is 1. The van der Waals surface area contributed by atoms with E-state index in [9.17, 15) is 4.79 Å². The fourth-order valence-corrected chi connectivity index (χ4v) is 5.92. The lowest BCUT2D eigenvalue weighted by atomic mass is 9.75. The van der Waals surface area contributed by atoms with Crippen molar-refractivity contribution in [1.82, 2.24) is 15.5 Å². The third-order valence-corrected chi connectivity index (χ3v) is 7.59. The second kappa shape index (κ2) is 9.51. The minimum Gasteiger partial charge on any atom is -0.342 e. The fraction of sp³-hybridized carbons (Fsp3) is 0.680. The molecular formula is C25H38N4O. The van der Waals surface area contributed by atoms with Gasteiger partial charge in [-0.25, -0.2) is 0 Å². The lowest BCUT2D eigenvalue weighted by molar-refractivity contribution is -0.131. The van der Waals surface area contributed by atoms with E-state index >= 15 is 0 Å². The molecule has 1 heterocycles. The molecular weight excluding hydrogens is 372 g/mol. The van der Waals surface area contributed by atoms with Crippen LogP contribution in [0.15, 0.2) is 30.3 Å². The van der Waals surface area contributed by atoms with Crippen molar-refractivity contribution in [2.75, 3.05) is 7.05 Å². The highest BCUT2D eigenvalue weighted by atomic mass is 16.2. The maximum absolute atomic E-state index is 13.2. The summed E-state index contributed by atoms with van der Waals surface area (Å²) in [5.74, 6) is 0.859. The minimum absolute atomic E-state index is 0.0748. The number of nitrogens with one attached hydrogen (secondary N) is 3. The van der Waals surface area contributed by atoms with E-state index in [4.69, 9.17) is 5.41 Å². The van der Waals surface area contributed by atoms with Crippen LogP contribution in [0.2, 0.25) is 0 Å². The molecule has 1 amide bonds. The smallest absolute Gasteiger partial charge is 0.254 e. The van der Waals surface area contributed by atoms with Gasteiger partial charge in [0.05, 0.1) is 0 Å². The summed E-state index contributed by atoms with van der Waals surface area (Å²) in [4.78, 5) is 14.7. The highest BCUT2D eigenvalue weighted by Gasteiger charge is 2.49. The summed E-state index contributed by atoms with van der Waals surface area (Å²) in [5, 5.41) is 15.5. The number of amides is 1. The maximum Gasteiger partial charge on any atom is 0.254 e. The van der Waals surface area contributed by atoms with E-state index in [0.29, 0.717) is 18.0 Å². The van der Waals surface area contributed by atoms with E-state index in [1.165, 1.54) is 61.8 Å². The van der Waals surface area contributed by atoms with Gasteiger partial charge in [0.1, 0.15) is 5.54 Å². The first kappa shape index (κ1) is 21.4. The van der Waals surface area contributed by atoms with Crippen molar-refractivity contribution in [3.05, 3.63) is 35.9 Å². The van der Waals surface area contributed by atoms with Crippen molar-refractivity contribution < 1.29 is 4.79 Å². The van der Waals surface area contributed by atoms with Crippen LogP contribution in [0.1, 0.15) is 76.2 Å². The average Bonchev–Trinajstić information content (AvgIpc) is 2.98. The zero-order chi connectivity index (χ0) is 21.0. The van der Waals surface area contributed by atoms with Gasteiger partial charge in [-0.2, -0.15) is 0 Å². The van der Waals surface area contributed by atoms with Crippen LogP contribution in [0.25, 0.3) is 0 Å². The van der Waals surface area contributed by atoms with Gasteiger partial charge in [0.15, 0.2) is 5.96 Å². The van der Waals surface area contributed by atoms with Crippen molar-refractivity contribution >= 4 is 11.9 Å². The molecule has 164 valence electrons. The Balaban J connectivity index is 1.42. The third-order valence-electron chi connectivity index (χ3n) is 7.59. The van der Waals surface area contributed by atoms with Gasteiger partial charge in [-0.05, 0) is 56.4 Å². The Morgan fingerprint density at radius 1 is 1.07 bits per heavy atom. The van der Waals surface area contributed by atoms with Crippen LogP contribution in [0, 0.1) is 11.3 Å². The highest BCUT2D eigenvalue weighted by Crippen LogP contribution is 2.36. The molecule has 1 aromatic rings. The lowest BCUT2D eigenvalue weighted by Crippen LogP contribution is -2.50. The van der Waals surface area contributed by atoms with Crippen LogP contribution in [0.4, 0.5) is 0 Å². The van der Waals surface area contributed by atoms with Crippen LogP contribution >= 0.6 is 0 Å². The molecule has 1 saturated heterocycles. The molecule has 4 rings (SSSR count). The van der Waals surface area contributed by atoms with Gasteiger partial charge in [0, 0.05) is 19.1 Å². The second-order valence-corrected chi connectivity index (χ2v) is 9.84. The predicted molar refractivity (Wildman–Crippen MR) is 121 cm³/mol. The topological polar surface area (TPSA) is 68.2 Å². The number of aryl methyl sites for hydroxylation is 1. The Labute approximate surface area is 181 Å². The predicted octanol–water partition coefficient (Wildman–Crippen LogP) is 4.23. The number of hydrogen-bond acceptors (Lipinski definition) is 3. The molecule has 1 aliphatic heterocycles. The number of rotatable bonds is 7. The van der Waals surface area contributed by atoms with Crippen LogP contribution < -0.4 is 10.6 Å². The molecule has 0 unspecified atom stereocenters. The number of carbonyl (C=O) groups excluding carboxylic acids is 1. The molecule has 0 radical (unpaired) electrons. The first-order valence-corrected chi connectivity index (χ1v) is 12.0. The quantitative estimate of drug-likeness (QED) is 0.630. The molecule has 0 bridgehead atoms. The fourth-order valence-electron chi connectivity index (χ4n) is 5.92. The van der Waals surface area contributed by atoms with Gasteiger partial charge in [-0.1, -0.05) is 62.4 Å². The molecule has 3 atom stereocenters.